The molecule has 0 aromatic carbocycles. The molecule has 2 heteroatoms. The first kappa shape index (κ1) is 12.8. The molecule has 1 aliphatic heterocycles. The lowest BCUT2D eigenvalue weighted by molar-refractivity contribution is -0.129. The van der Waals surface area contributed by atoms with Crippen molar-refractivity contribution in [3.8, 4) is 0 Å². The smallest absolute Gasteiger partial charge is 0.157 e. The first-order chi connectivity index (χ1) is 8.19. The van der Waals surface area contributed by atoms with Gasteiger partial charge in [0.25, 0.3) is 0 Å². The van der Waals surface area contributed by atoms with Crippen molar-refractivity contribution >= 4 is 5.78 Å². The molecule has 1 heterocycles. The Bertz CT molecular complexity index is 296. The van der Waals surface area contributed by atoms with Crippen molar-refractivity contribution in [1.82, 2.24) is 4.90 Å². The largest absolute Gasteiger partial charge is 0.297 e. The molecule has 2 aliphatic rings. The summed E-state index contributed by atoms with van der Waals surface area (Å²) in [5.74, 6) is 0.448. The topological polar surface area (TPSA) is 20.3 Å². The van der Waals surface area contributed by atoms with Gasteiger partial charge in [0.2, 0.25) is 0 Å². The van der Waals surface area contributed by atoms with Crippen molar-refractivity contribution in [3.63, 3.8) is 0 Å². The van der Waals surface area contributed by atoms with Crippen LogP contribution in [0.5, 0.6) is 0 Å². The van der Waals surface area contributed by atoms with E-state index < -0.39 is 0 Å². The van der Waals surface area contributed by atoms with Crippen LogP contribution in [0.4, 0.5) is 0 Å². The van der Waals surface area contributed by atoms with Crippen LogP contribution in [-0.2, 0) is 4.79 Å². The molecule has 0 amide bonds. The van der Waals surface area contributed by atoms with E-state index in [9.17, 15) is 4.79 Å². The van der Waals surface area contributed by atoms with Gasteiger partial charge in [-0.05, 0) is 45.2 Å². The van der Waals surface area contributed by atoms with E-state index >= 15 is 0 Å². The molecule has 96 valence electrons. The van der Waals surface area contributed by atoms with Crippen LogP contribution in [-0.4, -0.2) is 29.3 Å². The van der Waals surface area contributed by atoms with Gasteiger partial charge in [-0.15, -0.1) is 0 Å². The van der Waals surface area contributed by atoms with E-state index in [1.54, 1.807) is 0 Å². The molecule has 2 rings (SSSR count). The highest BCUT2D eigenvalue weighted by Gasteiger charge is 2.45. The van der Waals surface area contributed by atoms with Crippen molar-refractivity contribution in [2.24, 2.45) is 0 Å². The predicted octanol–water partition coefficient (Wildman–Crippen LogP) is 3.32. The quantitative estimate of drug-likeness (QED) is 0.681. The van der Waals surface area contributed by atoms with Crippen molar-refractivity contribution in [2.75, 3.05) is 13.1 Å². The number of rotatable bonds is 5. The average molecular weight is 235 g/mol. The van der Waals surface area contributed by atoms with Gasteiger partial charge in [-0.25, -0.2) is 0 Å². The van der Waals surface area contributed by atoms with Gasteiger partial charge in [0, 0.05) is 6.42 Å². The second-order valence-electron chi connectivity index (χ2n) is 5.64. The number of allylic oxidation sites excluding steroid dienone is 1. The van der Waals surface area contributed by atoms with Crippen LogP contribution in [0.1, 0.15) is 58.3 Å². The minimum absolute atomic E-state index is 0.103. The number of ketones is 1. The maximum atomic E-state index is 12.6. The monoisotopic (exact) mass is 235 g/mol. The van der Waals surface area contributed by atoms with Crippen LogP contribution in [0.25, 0.3) is 0 Å². The van der Waals surface area contributed by atoms with Gasteiger partial charge in [0.15, 0.2) is 5.78 Å². The van der Waals surface area contributed by atoms with Crippen molar-refractivity contribution in [2.45, 2.75) is 63.8 Å². The van der Waals surface area contributed by atoms with Gasteiger partial charge in [0.05, 0.1) is 5.54 Å². The van der Waals surface area contributed by atoms with Crippen LogP contribution in [0, 0.1) is 0 Å². The van der Waals surface area contributed by atoms with E-state index in [4.69, 9.17) is 0 Å². The molecule has 2 fully saturated rings. The van der Waals surface area contributed by atoms with E-state index in [2.05, 4.69) is 18.4 Å². The highest BCUT2D eigenvalue weighted by Crippen LogP contribution is 2.39. The van der Waals surface area contributed by atoms with Crippen LogP contribution < -0.4 is 0 Å². The zero-order valence-electron chi connectivity index (χ0n) is 11.1. The number of carbonyl (C=O) groups excluding carboxylic acids is 1. The van der Waals surface area contributed by atoms with Gasteiger partial charge in [-0.2, -0.15) is 0 Å². The summed E-state index contributed by atoms with van der Waals surface area (Å²) in [7, 11) is 0. The molecular formula is C15H25NO. The average Bonchev–Trinajstić information content (AvgIpc) is 2.99. The molecule has 0 radical (unpaired) electrons. The van der Waals surface area contributed by atoms with E-state index in [0.29, 0.717) is 12.2 Å². The number of likely N-dealkylation sites (tertiary alicyclic amines) is 1. The molecular weight excluding hydrogens is 210 g/mol. The highest BCUT2D eigenvalue weighted by atomic mass is 16.1. The normalized spacial score (nSPS) is 24.1. The number of carbonyl (C=O) groups is 1. The van der Waals surface area contributed by atoms with Gasteiger partial charge in [-0.1, -0.05) is 31.9 Å². The van der Waals surface area contributed by atoms with Crippen molar-refractivity contribution in [1.29, 1.82) is 0 Å². The molecule has 1 saturated carbocycles. The van der Waals surface area contributed by atoms with Gasteiger partial charge >= 0.3 is 0 Å². The van der Waals surface area contributed by atoms with Gasteiger partial charge < -0.3 is 0 Å². The highest BCUT2D eigenvalue weighted by molar-refractivity contribution is 5.90. The number of Topliss-reactive ketones (excluding diaryl/α,β-unsaturated/α-hetero) is 1. The summed E-state index contributed by atoms with van der Waals surface area (Å²) in [4.78, 5) is 15.1. The fourth-order valence-electron chi connectivity index (χ4n) is 3.39. The maximum Gasteiger partial charge on any atom is 0.157 e. The first-order valence-electron chi connectivity index (χ1n) is 7.14. The third kappa shape index (κ3) is 2.47. The minimum atomic E-state index is -0.103. The molecule has 0 unspecified atom stereocenters. The maximum absolute atomic E-state index is 12.6. The molecule has 1 saturated heterocycles. The van der Waals surface area contributed by atoms with Crippen LogP contribution in [0.3, 0.4) is 0 Å². The standard InChI is InChI=1S/C15H25NO/c1-3-13(2)12-14(17)15(8-4-5-9-15)16-10-6-7-11-16/h2-12H2,1H3. The predicted molar refractivity (Wildman–Crippen MR) is 71.1 cm³/mol. The molecule has 0 aromatic rings. The summed E-state index contributed by atoms with van der Waals surface area (Å²) in [5, 5.41) is 0. The Balaban J connectivity index is 2.10. The summed E-state index contributed by atoms with van der Waals surface area (Å²) in [6, 6.07) is 0. The Labute approximate surface area is 105 Å². The SMILES string of the molecule is C=C(CC)CC(=O)C1(N2CCCC2)CCCC1. The number of hydrogen-bond acceptors (Lipinski definition) is 2. The third-order valence-corrected chi connectivity index (χ3v) is 4.57. The van der Waals surface area contributed by atoms with E-state index in [-0.39, 0.29) is 5.54 Å². The lowest BCUT2D eigenvalue weighted by atomic mass is 9.86. The number of nitrogens with zero attached hydrogens (tertiary/aromatic N) is 1. The first-order valence-corrected chi connectivity index (χ1v) is 7.14. The number of hydrogen-bond donors (Lipinski definition) is 0. The molecule has 0 N–H and O–H groups in total. The Morgan fingerprint density at radius 1 is 1.18 bits per heavy atom. The molecule has 17 heavy (non-hydrogen) atoms. The zero-order chi connectivity index (χ0) is 12.3. The Morgan fingerprint density at radius 2 is 1.76 bits per heavy atom. The van der Waals surface area contributed by atoms with Crippen molar-refractivity contribution in [3.05, 3.63) is 12.2 Å². The zero-order valence-corrected chi connectivity index (χ0v) is 11.1. The fraction of sp³-hybridized carbons (Fsp3) is 0.800. The van der Waals surface area contributed by atoms with Crippen molar-refractivity contribution < 1.29 is 4.79 Å². The molecule has 0 atom stereocenters. The summed E-state index contributed by atoms with van der Waals surface area (Å²) in [6.45, 7) is 8.35. The van der Waals surface area contributed by atoms with Crippen LogP contribution >= 0.6 is 0 Å². The van der Waals surface area contributed by atoms with Gasteiger partial charge in [-0.3, -0.25) is 9.69 Å². The Kier molecular flexibility index (Phi) is 4.03. The lowest BCUT2D eigenvalue weighted by Gasteiger charge is -2.37. The van der Waals surface area contributed by atoms with Crippen LogP contribution in [0.15, 0.2) is 12.2 Å². The summed E-state index contributed by atoms with van der Waals surface area (Å²) in [6.07, 6.45) is 8.69. The molecule has 2 nitrogen and oxygen atoms in total. The summed E-state index contributed by atoms with van der Waals surface area (Å²) in [5.41, 5.74) is 0.995. The van der Waals surface area contributed by atoms with E-state index in [1.807, 2.05) is 0 Å². The Hall–Kier alpha value is -0.630. The van der Waals surface area contributed by atoms with Crippen LogP contribution in [0.2, 0.25) is 0 Å². The summed E-state index contributed by atoms with van der Waals surface area (Å²) < 4.78 is 0. The fourth-order valence-corrected chi connectivity index (χ4v) is 3.39. The second kappa shape index (κ2) is 5.34. The van der Waals surface area contributed by atoms with E-state index in [1.165, 1.54) is 25.7 Å². The van der Waals surface area contributed by atoms with E-state index in [0.717, 1.165) is 37.9 Å². The second-order valence-corrected chi connectivity index (χ2v) is 5.64. The van der Waals surface area contributed by atoms with Gasteiger partial charge in [0.1, 0.15) is 0 Å². The Morgan fingerprint density at radius 3 is 2.29 bits per heavy atom. The summed E-state index contributed by atoms with van der Waals surface area (Å²) >= 11 is 0. The lowest BCUT2D eigenvalue weighted by Crippen LogP contribution is -2.51. The minimum Gasteiger partial charge on any atom is -0.297 e. The molecule has 0 aromatic heterocycles. The molecule has 0 bridgehead atoms. The molecule has 0 spiro atoms. The third-order valence-electron chi connectivity index (χ3n) is 4.57. The molecule has 1 aliphatic carbocycles.